The average Bonchev–Trinajstić information content (AvgIpc) is 2.53. The molecule has 0 saturated heterocycles. The number of carbonyl (C=O) groups is 1. The van der Waals surface area contributed by atoms with Crippen LogP contribution in [0, 0.1) is 0 Å². The predicted molar refractivity (Wildman–Crippen MR) is 87.4 cm³/mol. The Kier molecular flexibility index (Phi) is 5.19. The summed E-state index contributed by atoms with van der Waals surface area (Å²) in [4.78, 5) is 11.9. The molecule has 116 valence electrons. The van der Waals surface area contributed by atoms with Gasteiger partial charge in [-0.3, -0.25) is 10.1 Å². The van der Waals surface area contributed by atoms with E-state index in [1.807, 2.05) is 30.3 Å². The smallest absolute Gasteiger partial charge is 0.242 e. The highest BCUT2D eigenvalue weighted by Gasteiger charge is 2.33. The van der Waals surface area contributed by atoms with Crippen molar-refractivity contribution in [2.75, 3.05) is 6.54 Å². The summed E-state index contributed by atoms with van der Waals surface area (Å²) in [7, 11) is 0. The van der Waals surface area contributed by atoms with E-state index in [4.69, 9.17) is 17.3 Å². The van der Waals surface area contributed by atoms with Crippen molar-refractivity contribution in [2.24, 2.45) is 5.73 Å². The lowest BCUT2D eigenvalue weighted by Gasteiger charge is -2.29. The van der Waals surface area contributed by atoms with Crippen molar-refractivity contribution in [3.8, 4) is 0 Å². The van der Waals surface area contributed by atoms with Crippen molar-refractivity contribution >= 4 is 17.5 Å². The van der Waals surface area contributed by atoms with Gasteiger partial charge in [-0.1, -0.05) is 54.1 Å². The molecule has 2 rings (SSSR count). The number of aliphatic hydroxyl groups is 1. The molecule has 0 aliphatic rings. The van der Waals surface area contributed by atoms with E-state index in [0.29, 0.717) is 10.6 Å². The maximum Gasteiger partial charge on any atom is 0.242 e. The van der Waals surface area contributed by atoms with E-state index in [1.54, 1.807) is 31.2 Å². The number of amides is 1. The molecule has 0 heterocycles. The average molecular weight is 319 g/mol. The summed E-state index contributed by atoms with van der Waals surface area (Å²) in [6.45, 7) is 1.88. The highest BCUT2D eigenvalue weighted by atomic mass is 35.5. The maximum atomic E-state index is 11.9. The zero-order valence-corrected chi connectivity index (χ0v) is 13.0. The molecule has 4 nitrogen and oxygen atoms in total. The molecular formula is C17H19ClN2O2. The lowest BCUT2D eigenvalue weighted by atomic mass is 9.91. The Labute approximate surface area is 134 Å². The molecular weight excluding hydrogens is 300 g/mol. The van der Waals surface area contributed by atoms with Crippen LogP contribution in [0.1, 0.15) is 24.2 Å². The highest BCUT2D eigenvalue weighted by Crippen LogP contribution is 2.22. The summed E-state index contributed by atoms with van der Waals surface area (Å²) < 4.78 is 0. The molecule has 0 aliphatic heterocycles. The summed E-state index contributed by atoms with van der Waals surface area (Å²) in [6, 6.07) is 16.2. The number of nitrogens with one attached hydrogen (secondary N) is 1. The fourth-order valence-corrected chi connectivity index (χ4v) is 2.43. The summed E-state index contributed by atoms with van der Waals surface area (Å²) in [5.41, 5.74) is 5.92. The summed E-state index contributed by atoms with van der Waals surface area (Å²) >= 11 is 5.92. The van der Waals surface area contributed by atoms with Crippen molar-refractivity contribution in [3.05, 3.63) is 70.7 Å². The Bertz CT molecular complexity index is 648. The molecule has 2 aromatic rings. The van der Waals surface area contributed by atoms with Crippen molar-refractivity contribution in [1.29, 1.82) is 0 Å². The van der Waals surface area contributed by atoms with E-state index in [1.165, 1.54) is 0 Å². The van der Waals surface area contributed by atoms with Gasteiger partial charge in [0.1, 0.15) is 5.54 Å². The normalized spacial score (nSPS) is 15.0. The van der Waals surface area contributed by atoms with E-state index >= 15 is 0 Å². The van der Waals surface area contributed by atoms with Gasteiger partial charge in [-0.2, -0.15) is 0 Å². The van der Waals surface area contributed by atoms with Gasteiger partial charge in [0, 0.05) is 11.6 Å². The third-order valence-electron chi connectivity index (χ3n) is 3.73. The van der Waals surface area contributed by atoms with Crippen LogP contribution in [0.3, 0.4) is 0 Å². The van der Waals surface area contributed by atoms with Gasteiger partial charge in [0.05, 0.1) is 6.10 Å². The number of nitrogens with two attached hydrogens (primary N) is 1. The number of carbonyl (C=O) groups excluding carboxylic acids is 1. The number of rotatable bonds is 6. The van der Waals surface area contributed by atoms with Crippen molar-refractivity contribution in [1.82, 2.24) is 5.32 Å². The second-order valence-electron chi connectivity index (χ2n) is 5.31. The standard InChI is InChI=1S/C17H19ClN2O2/c1-17(16(19)22,13-7-3-2-4-8-13)20-11-15(21)12-6-5-9-14(18)10-12/h2-10,15,20-21H,11H2,1H3,(H2,19,22). The fraction of sp³-hybridized carbons (Fsp3) is 0.235. The topological polar surface area (TPSA) is 75.3 Å². The van der Waals surface area contributed by atoms with Crippen molar-refractivity contribution in [2.45, 2.75) is 18.6 Å². The van der Waals surface area contributed by atoms with Crippen molar-refractivity contribution < 1.29 is 9.90 Å². The van der Waals surface area contributed by atoms with Gasteiger partial charge in [-0.05, 0) is 30.2 Å². The zero-order chi connectivity index (χ0) is 16.2. The molecule has 0 radical (unpaired) electrons. The second-order valence-corrected chi connectivity index (χ2v) is 5.74. The van der Waals surface area contributed by atoms with Crippen molar-refractivity contribution in [3.63, 3.8) is 0 Å². The molecule has 22 heavy (non-hydrogen) atoms. The lowest BCUT2D eigenvalue weighted by Crippen LogP contribution is -2.51. The van der Waals surface area contributed by atoms with Crippen LogP contribution in [0.2, 0.25) is 5.02 Å². The van der Waals surface area contributed by atoms with E-state index in [9.17, 15) is 9.90 Å². The lowest BCUT2D eigenvalue weighted by molar-refractivity contribution is -0.124. The van der Waals surface area contributed by atoms with Crippen LogP contribution in [-0.4, -0.2) is 17.6 Å². The molecule has 1 amide bonds. The number of halogens is 1. The molecule has 0 fully saturated rings. The van der Waals surface area contributed by atoms with E-state index in [2.05, 4.69) is 5.32 Å². The Hall–Kier alpha value is -1.88. The number of hydrogen-bond acceptors (Lipinski definition) is 3. The van der Waals surface area contributed by atoms with Gasteiger partial charge < -0.3 is 10.8 Å². The second kappa shape index (κ2) is 6.92. The van der Waals surface area contributed by atoms with Gasteiger partial charge in [-0.15, -0.1) is 0 Å². The van der Waals surface area contributed by atoms with Crippen LogP contribution < -0.4 is 11.1 Å². The van der Waals surface area contributed by atoms with Crippen LogP contribution in [-0.2, 0) is 10.3 Å². The maximum absolute atomic E-state index is 11.9. The molecule has 5 heteroatoms. The molecule has 4 N–H and O–H groups in total. The number of benzene rings is 2. The first kappa shape index (κ1) is 16.5. The number of aliphatic hydroxyl groups excluding tert-OH is 1. The van der Waals surface area contributed by atoms with Gasteiger partial charge in [0.25, 0.3) is 0 Å². The molecule has 0 spiro atoms. The van der Waals surface area contributed by atoms with E-state index in [-0.39, 0.29) is 6.54 Å². The largest absolute Gasteiger partial charge is 0.387 e. The van der Waals surface area contributed by atoms with Crippen LogP contribution in [0.5, 0.6) is 0 Å². The molecule has 0 bridgehead atoms. The first-order valence-electron chi connectivity index (χ1n) is 6.97. The zero-order valence-electron chi connectivity index (χ0n) is 12.3. The Morgan fingerprint density at radius 2 is 1.95 bits per heavy atom. The quantitative estimate of drug-likeness (QED) is 0.765. The molecule has 2 aromatic carbocycles. The van der Waals surface area contributed by atoms with Gasteiger partial charge >= 0.3 is 0 Å². The molecule has 0 aromatic heterocycles. The molecule has 0 saturated carbocycles. The first-order valence-corrected chi connectivity index (χ1v) is 7.35. The Morgan fingerprint density at radius 3 is 2.55 bits per heavy atom. The van der Waals surface area contributed by atoms with Crippen LogP contribution >= 0.6 is 11.6 Å². The third kappa shape index (κ3) is 3.65. The summed E-state index contributed by atoms with van der Waals surface area (Å²) in [6.07, 6.45) is -0.791. The van der Waals surface area contributed by atoms with E-state index < -0.39 is 17.6 Å². The Balaban J connectivity index is 2.14. The fourth-order valence-electron chi connectivity index (χ4n) is 2.24. The Morgan fingerprint density at radius 1 is 1.27 bits per heavy atom. The van der Waals surface area contributed by atoms with Gasteiger partial charge in [0.2, 0.25) is 5.91 Å². The van der Waals surface area contributed by atoms with Gasteiger partial charge in [0.15, 0.2) is 0 Å². The minimum absolute atomic E-state index is 0.175. The number of hydrogen-bond donors (Lipinski definition) is 3. The highest BCUT2D eigenvalue weighted by molar-refractivity contribution is 6.30. The predicted octanol–water partition coefficient (Wildman–Crippen LogP) is 2.36. The third-order valence-corrected chi connectivity index (χ3v) is 3.96. The first-order chi connectivity index (χ1) is 10.4. The monoisotopic (exact) mass is 318 g/mol. The van der Waals surface area contributed by atoms with E-state index in [0.717, 1.165) is 5.56 Å². The summed E-state index contributed by atoms with van der Waals surface area (Å²) in [5.74, 6) is -0.503. The number of primary amides is 1. The molecule has 2 unspecified atom stereocenters. The van der Waals surface area contributed by atoms with Gasteiger partial charge in [-0.25, -0.2) is 0 Å². The molecule has 2 atom stereocenters. The molecule has 0 aliphatic carbocycles. The SMILES string of the molecule is CC(NCC(O)c1cccc(Cl)c1)(C(N)=O)c1ccccc1. The minimum Gasteiger partial charge on any atom is -0.387 e. The van der Waals surface area contributed by atoms with Crippen LogP contribution in [0.15, 0.2) is 54.6 Å². The minimum atomic E-state index is -1.05. The van der Waals surface area contributed by atoms with Crippen LogP contribution in [0.25, 0.3) is 0 Å². The van der Waals surface area contributed by atoms with Crippen LogP contribution in [0.4, 0.5) is 0 Å². The summed E-state index contributed by atoms with van der Waals surface area (Å²) in [5, 5.41) is 13.9.